The second-order valence-electron chi connectivity index (χ2n) is 7.05. The van der Waals surface area contributed by atoms with E-state index in [2.05, 4.69) is 10.4 Å². The van der Waals surface area contributed by atoms with E-state index in [0.717, 1.165) is 4.31 Å². The minimum absolute atomic E-state index is 0.0717. The molecule has 11 heteroatoms. The van der Waals surface area contributed by atoms with Crippen molar-refractivity contribution < 1.29 is 17.9 Å². The fourth-order valence-electron chi connectivity index (χ4n) is 3.32. The van der Waals surface area contributed by atoms with Gasteiger partial charge in [-0.3, -0.25) is 4.79 Å². The molecule has 0 radical (unpaired) electrons. The summed E-state index contributed by atoms with van der Waals surface area (Å²) in [6, 6.07) is 12.1. The van der Waals surface area contributed by atoms with Crippen LogP contribution in [0.4, 0.5) is 0 Å². The number of hydrogen-bond acceptors (Lipinski definition) is 7. The summed E-state index contributed by atoms with van der Waals surface area (Å²) in [5.74, 6) is -0.316. The van der Waals surface area contributed by atoms with E-state index in [1.54, 1.807) is 18.2 Å². The molecular formula is C19H19N5O4S2. The van der Waals surface area contributed by atoms with E-state index in [9.17, 15) is 13.2 Å². The fourth-order valence-corrected chi connectivity index (χ4v) is 5.10. The number of aromatic nitrogens is 4. The maximum atomic E-state index is 13.2. The zero-order chi connectivity index (χ0) is 21.6. The summed E-state index contributed by atoms with van der Waals surface area (Å²) in [5.41, 5.74) is 1.45. The summed E-state index contributed by atoms with van der Waals surface area (Å²) in [7, 11) is -2.64. The minimum atomic E-state index is -4.09. The number of benzene rings is 2. The van der Waals surface area contributed by atoms with Crippen LogP contribution in [0, 0.1) is 4.77 Å². The van der Waals surface area contributed by atoms with Crippen LogP contribution in [-0.4, -0.2) is 45.5 Å². The summed E-state index contributed by atoms with van der Waals surface area (Å²) in [6.45, 7) is 3.40. The number of ether oxygens (including phenoxy) is 1. The summed E-state index contributed by atoms with van der Waals surface area (Å²) in [4.78, 5) is 13.1. The topological polar surface area (TPSA) is 99.3 Å². The third-order valence-corrected chi connectivity index (χ3v) is 7.00. The van der Waals surface area contributed by atoms with E-state index < -0.39 is 15.9 Å². The highest BCUT2D eigenvalue weighted by Gasteiger charge is 2.44. The number of amides is 1. The molecule has 2 heterocycles. The predicted octanol–water partition coefficient (Wildman–Crippen LogP) is 2.73. The van der Waals surface area contributed by atoms with Crippen LogP contribution in [0.25, 0.3) is 5.69 Å². The van der Waals surface area contributed by atoms with Crippen LogP contribution in [0.3, 0.4) is 0 Å². The second-order valence-corrected chi connectivity index (χ2v) is 9.25. The van der Waals surface area contributed by atoms with Crippen LogP contribution in [0.5, 0.6) is 5.75 Å². The average molecular weight is 446 g/mol. The molecular weight excluding hydrogens is 426 g/mol. The standard InChI is InChI=1S/C19H19N5O4S2/c1-12(2)15-9-14(28-3)10-16-17(15)18(25)23(30(16,26)27)11-22-19(29)24(21-20-22)13-7-5-4-6-8-13/h4-10,12H,11H2,1-3H3. The van der Waals surface area contributed by atoms with Gasteiger partial charge in [0.05, 0.1) is 18.4 Å². The molecule has 2 aromatic carbocycles. The molecule has 9 nitrogen and oxygen atoms in total. The van der Waals surface area contributed by atoms with Crippen molar-refractivity contribution in [1.29, 1.82) is 0 Å². The summed E-state index contributed by atoms with van der Waals surface area (Å²) >= 11 is 5.40. The number of sulfonamides is 1. The van der Waals surface area contributed by atoms with Gasteiger partial charge in [0.15, 0.2) is 0 Å². The van der Waals surface area contributed by atoms with Crippen LogP contribution in [-0.2, 0) is 16.7 Å². The first-order chi connectivity index (χ1) is 14.3. The first-order valence-electron chi connectivity index (χ1n) is 9.13. The molecule has 0 fully saturated rings. The smallest absolute Gasteiger partial charge is 0.270 e. The minimum Gasteiger partial charge on any atom is -0.497 e. The molecule has 1 aromatic heterocycles. The monoisotopic (exact) mass is 445 g/mol. The molecule has 0 N–H and O–H groups in total. The molecule has 0 aliphatic carbocycles. The number of tetrazole rings is 1. The molecule has 4 rings (SSSR count). The van der Waals surface area contributed by atoms with Crippen LogP contribution < -0.4 is 4.74 Å². The van der Waals surface area contributed by atoms with Gasteiger partial charge in [-0.25, -0.2) is 12.7 Å². The molecule has 156 valence electrons. The van der Waals surface area contributed by atoms with Crippen LogP contribution in [0.1, 0.15) is 35.7 Å². The third-order valence-electron chi connectivity index (χ3n) is 4.87. The quantitative estimate of drug-likeness (QED) is 0.557. The Balaban J connectivity index is 1.77. The van der Waals surface area contributed by atoms with Gasteiger partial charge in [-0.2, -0.15) is 9.36 Å². The number of nitrogens with zero attached hydrogens (tertiary/aromatic N) is 5. The van der Waals surface area contributed by atoms with E-state index >= 15 is 0 Å². The predicted molar refractivity (Wildman–Crippen MR) is 111 cm³/mol. The van der Waals surface area contributed by atoms with Crippen LogP contribution >= 0.6 is 12.2 Å². The number of fused-ring (bicyclic) bond motifs is 1. The van der Waals surface area contributed by atoms with E-state index in [1.807, 2.05) is 32.0 Å². The Morgan fingerprint density at radius 1 is 1.13 bits per heavy atom. The molecule has 0 unspecified atom stereocenters. The lowest BCUT2D eigenvalue weighted by Gasteiger charge is -2.14. The zero-order valence-corrected chi connectivity index (χ0v) is 18.1. The van der Waals surface area contributed by atoms with Gasteiger partial charge < -0.3 is 4.74 Å². The Hall–Kier alpha value is -3.05. The summed E-state index contributed by atoms with van der Waals surface area (Å²) in [6.07, 6.45) is 0. The molecule has 0 saturated carbocycles. The lowest BCUT2D eigenvalue weighted by Crippen LogP contribution is -2.33. The lowest BCUT2D eigenvalue weighted by atomic mass is 9.96. The van der Waals surface area contributed by atoms with Crippen molar-refractivity contribution in [3.8, 4) is 11.4 Å². The Labute approximate surface area is 178 Å². The maximum Gasteiger partial charge on any atom is 0.270 e. The van der Waals surface area contributed by atoms with Crippen LogP contribution in [0.2, 0.25) is 0 Å². The SMILES string of the molecule is COc1cc(C(C)C)c2c(c1)S(=O)(=O)N(Cn1nnn(-c3ccccc3)c1=S)C2=O. The Morgan fingerprint density at radius 3 is 2.47 bits per heavy atom. The lowest BCUT2D eigenvalue weighted by molar-refractivity contribution is 0.0837. The molecule has 1 amide bonds. The average Bonchev–Trinajstić information content (AvgIpc) is 3.18. The highest BCUT2D eigenvalue weighted by atomic mass is 32.2. The van der Waals surface area contributed by atoms with Gasteiger partial charge in [0.2, 0.25) is 4.77 Å². The van der Waals surface area contributed by atoms with E-state index in [-0.39, 0.29) is 27.8 Å². The number of hydrogen-bond donors (Lipinski definition) is 0. The fraction of sp³-hybridized carbons (Fsp3) is 0.263. The first-order valence-corrected chi connectivity index (χ1v) is 11.0. The number of carbonyl (C=O) groups is 1. The molecule has 0 atom stereocenters. The number of rotatable bonds is 5. The summed E-state index contributed by atoms with van der Waals surface area (Å²) < 4.78 is 35.1. The van der Waals surface area contributed by atoms with Crippen molar-refractivity contribution in [1.82, 2.24) is 24.1 Å². The van der Waals surface area contributed by atoms with Crippen molar-refractivity contribution in [3.05, 3.63) is 58.4 Å². The number of carbonyl (C=O) groups excluding carboxylic acids is 1. The summed E-state index contributed by atoms with van der Waals surface area (Å²) in [5, 5.41) is 7.95. The first kappa shape index (κ1) is 20.2. The molecule has 1 aliphatic heterocycles. The molecule has 0 saturated heterocycles. The highest BCUT2D eigenvalue weighted by Crippen LogP contribution is 2.38. The number of methoxy groups -OCH3 is 1. The molecule has 0 spiro atoms. The Kier molecular flexibility index (Phi) is 4.94. The molecule has 3 aromatic rings. The molecule has 30 heavy (non-hydrogen) atoms. The Bertz CT molecular complexity index is 1300. The van der Waals surface area contributed by atoms with Gasteiger partial charge in [0.25, 0.3) is 15.9 Å². The van der Waals surface area contributed by atoms with E-state index in [1.165, 1.54) is 22.5 Å². The van der Waals surface area contributed by atoms with E-state index in [4.69, 9.17) is 17.0 Å². The van der Waals surface area contributed by atoms with Crippen molar-refractivity contribution in [3.63, 3.8) is 0 Å². The van der Waals surface area contributed by atoms with Gasteiger partial charge in [-0.05, 0) is 52.3 Å². The van der Waals surface area contributed by atoms with Crippen molar-refractivity contribution >= 4 is 28.1 Å². The third kappa shape index (κ3) is 3.10. The van der Waals surface area contributed by atoms with Gasteiger partial charge >= 0.3 is 0 Å². The van der Waals surface area contributed by atoms with Crippen molar-refractivity contribution in [2.75, 3.05) is 7.11 Å². The molecule has 0 bridgehead atoms. The van der Waals surface area contributed by atoms with Gasteiger partial charge in [0, 0.05) is 6.07 Å². The van der Waals surface area contributed by atoms with Gasteiger partial charge in [-0.15, -0.1) is 0 Å². The van der Waals surface area contributed by atoms with Gasteiger partial charge in [-0.1, -0.05) is 32.0 Å². The van der Waals surface area contributed by atoms with Crippen molar-refractivity contribution in [2.45, 2.75) is 31.3 Å². The Morgan fingerprint density at radius 2 is 1.83 bits per heavy atom. The maximum absolute atomic E-state index is 13.2. The largest absolute Gasteiger partial charge is 0.497 e. The normalized spacial score (nSPS) is 14.9. The molecule has 1 aliphatic rings. The van der Waals surface area contributed by atoms with E-state index in [0.29, 0.717) is 17.0 Å². The highest BCUT2D eigenvalue weighted by molar-refractivity contribution is 7.90. The van der Waals surface area contributed by atoms with Crippen LogP contribution in [0.15, 0.2) is 47.4 Å². The second kappa shape index (κ2) is 7.33. The van der Waals surface area contributed by atoms with Gasteiger partial charge in [0.1, 0.15) is 17.3 Å². The zero-order valence-electron chi connectivity index (χ0n) is 16.5. The number of para-hydroxylation sites is 1. The van der Waals surface area contributed by atoms with Crippen molar-refractivity contribution in [2.24, 2.45) is 0 Å².